The maximum Gasteiger partial charge on any atom is 0.308 e. The van der Waals surface area contributed by atoms with Crippen LogP contribution in [0.4, 0.5) is 0 Å². The van der Waals surface area contributed by atoms with Gasteiger partial charge in [0.2, 0.25) is 0 Å². The van der Waals surface area contributed by atoms with Crippen LogP contribution in [0.25, 0.3) is 0 Å². The Kier molecular flexibility index (Phi) is 20.1. The normalized spacial score (nSPS) is 13.7. The van der Waals surface area contributed by atoms with Gasteiger partial charge in [0.25, 0.3) is 0 Å². The maximum absolute atomic E-state index is 11.7. The molecule has 0 radical (unpaired) electrons. The monoisotopic (exact) mass is 386 g/mol. The fraction of sp³-hybridized carbons (Fsp3) is 0.577. The van der Waals surface area contributed by atoms with E-state index < -0.39 is 0 Å². The van der Waals surface area contributed by atoms with Crippen LogP contribution in [0.15, 0.2) is 60.8 Å². The molecule has 0 aromatic carbocycles. The molecule has 0 fully saturated rings. The van der Waals surface area contributed by atoms with Crippen LogP contribution >= 0.6 is 0 Å². The van der Waals surface area contributed by atoms with Gasteiger partial charge in [-0.05, 0) is 64.7 Å². The molecular formula is C26H42O2. The quantitative estimate of drug-likeness (QED) is 0.144. The number of ether oxygens (including phenoxy) is 1. The molecule has 0 spiro atoms. The van der Waals surface area contributed by atoms with E-state index >= 15 is 0 Å². The van der Waals surface area contributed by atoms with Crippen LogP contribution in [0.1, 0.15) is 85.0 Å². The number of unbranched alkanes of at least 4 members (excludes halogenated alkanes) is 2. The topological polar surface area (TPSA) is 26.3 Å². The van der Waals surface area contributed by atoms with Crippen molar-refractivity contribution in [2.75, 3.05) is 6.61 Å². The zero-order valence-electron chi connectivity index (χ0n) is 18.4. The van der Waals surface area contributed by atoms with E-state index in [-0.39, 0.29) is 11.9 Å². The molecule has 28 heavy (non-hydrogen) atoms. The molecule has 2 heteroatoms. The van der Waals surface area contributed by atoms with Crippen LogP contribution in [0.2, 0.25) is 0 Å². The van der Waals surface area contributed by atoms with Crippen molar-refractivity contribution in [2.24, 2.45) is 5.92 Å². The number of carbonyl (C=O) groups is 1. The average molecular weight is 387 g/mol. The van der Waals surface area contributed by atoms with Gasteiger partial charge in [0, 0.05) is 0 Å². The molecule has 0 rings (SSSR count). The van der Waals surface area contributed by atoms with E-state index in [4.69, 9.17) is 4.74 Å². The molecule has 0 aliphatic rings. The van der Waals surface area contributed by atoms with Crippen LogP contribution < -0.4 is 0 Å². The number of hydrogen-bond donors (Lipinski definition) is 0. The number of hydrogen-bond acceptors (Lipinski definition) is 2. The lowest BCUT2D eigenvalue weighted by Crippen LogP contribution is -2.16. The Hall–Kier alpha value is -1.83. The van der Waals surface area contributed by atoms with Crippen molar-refractivity contribution >= 4 is 5.97 Å². The SMILES string of the molecule is CC/C=C\C/C=C\C/C=C\C/C=C\C/C=C\CCCCC(CC)C(=O)OCC. The molecule has 0 N–H and O–H groups in total. The minimum Gasteiger partial charge on any atom is -0.466 e. The van der Waals surface area contributed by atoms with E-state index in [0.717, 1.165) is 64.2 Å². The molecular weight excluding hydrogens is 344 g/mol. The minimum absolute atomic E-state index is 0.0279. The van der Waals surface area contributed by atoms with E-state index in [9.17, 15) is 4.79 Å². The third-order valence-corrected chi connectivity index (χ3v) is 4.44. The summed E-state index contributed by atoms with van der Waals surface area (Å²) >= 11 is 0. The van der Waals surface area contributed by atoms with E-state index in [0.29, 0.717) is 6.61 Å². The van der Waals surface area contributed by atoms with E-state index in [2.05, 4.69) is 74.6 Å². The molecule has 0 aliphatic carbocycles. The molecule has 0 aliphatic heterocycles. The molecule has 158 valence electrons. The Labute approximate surface area is 174 Å². The fourth-order valence-electron chi connectivity index (χ4n) is 2.77. The average Bonchev–Trinajstić information content (AvgIpc) is 2.70. The summed E-state index contributed by atoms with van der Waals surface area (Å²) in [5.41, 5.74) is 0. The molecule has 1 atom stereocenters. The Morgan fingerprint density at radius 3 is 1.68 bits per heavy atom. The van der Waals surface area contributed by atoms with Crippen molar-refractivity contribution in [3.8, 4) is 0 Å². The van der Waals surface area contributed by atoms with Crippen LogP contribution in [-0.2, 0) is 9.53 Å². The van der Waals surface area contributed by atoms with Gasteiger partial charge in [-0.2, -0.15) is 0 Å². The Morgan fingerprint density at radius 1 is 0.714 bits per heavy atom. The molecule has 2 nitrogen and oxygen atoms in total. The molecule has 0 aromatic rings. The van der Waals surface area contributed by atoms with Crippen molar-refractivity contribution in [1.82, 2.24) is 0 Å². The van der Waals surface area contributed by atoms with E-state index in [1.165, 1.54) is 0 Å². The van der Waals surface area contributed by atoms with Crippen LogP contribution in [0.3, 0.4) is 0 Å². The molecule has 1 unspecified atom stereocenters. The van der Waals surface area contributed by atoms with Gasteiger partial charge in [-0.15, -0.1) is 0 Å². The highest BCUT2D eigenvalue weighted by atomic mass is 16.5. The second-order valence-corrected chi connectivity index (χ2v) is 6.85. The second kappa shape index (κ2) is 21.5. The number of carbonyl (C=O) groups excluding carboxylic acids is 1. The number of rotatable bonds is 17. The summed E-state index contributed by atoms with van der Waals surface area (Å²) in [7, 11) is 0. The predicted molar refractivity (Wildman–Crippen MR) is 123 cm³/mol. The summed E-state index contributed by atoms with van der Waals surface area (Å²) in [5.74, 6) is 0.0492. The first-order valence-electron chi connectivity index (χ1n) is 11.2. The molecule has 0 saturated carbocycles. The highest BCUT2D eigenvalue weighted by Gasteiger charge is 2.16. The molecule has 0 bridgehead atoms. The van der Waals surface area contributed by atoms with Gasteiger partial charge in [-0.3, -0.25) is 4.79 Å². The van der Waals surface area contributed by atoms with Crippen molar-refractivity contribution in [2.45, 2.75) is 85.0 Å². The molecule has 0 saturated heterocycles. The second-order valence-electron chi connectivity index (χ2n) is 6.85. The minimum atomic E-state index is -0.0279. The molecule has 0 heterocycles. The van der Waals surface area contributed by atoms with Crippen molar-refractivity contribution in [3.63, 3.8) is 0 Å². The van der Waals surface area contributed by atoms with Crippen LogP contribution in [0, 0.1) is 5.92 Å². The third-order valence-electron chi connectivity index (χ3n) is 4.44. The van der Waals surface area contributed by atoms with Gasteiger partial charge in [0.05, 0.1) is 12.5 Å². The fourth-order valence-corrected chi connectivity index (χ4v) is 2.77. The van der Waals surface area contributed by atoms with Crippen molar-refractivity contribution in [1.29, 1.82) is 0 Å². The Balaban J connectivity index is 3.62. The number of allylic oxidation sites excluding steroid dienone is 10. The first-order chi connectivity index (χ1) is 13.8. The van der Waals surface area contributed by atoms with Gasteiger partial charge in [-0.1, -0.05) is 81.0 Å². The Morgan fingerprint density at radius 2 is 1.21 bits per heavy atom. The summed E-state index contributed by atoms with van der Waals surface area (Å²) in [6.45, 7) is 6.57. The molecule has 0 amide bonds. The van der Waals surface area contributed by atoms with E-state index in [1.807, 2.05) is 6.92 Å². The van der Waals surface area contributed by atoms with Crippen molar-refractivity contribution < 1.29 is 9.53 Å². The van der Waals surface area contributed by atoms with Crippen LogP contribution in [0.5, 0.6) is 0 Å². The Bertz CT molecular complexity index is 495. The first-order valence-corrected chi connectivity index (χ1v) is 11.2. The summed E-state index contributed by atoms with van der Waals surface area (Å²) in [4.78, 5) is 11.7. The predicted octanol–water partition coefficient (Wildman–Crippen LogP) is 7.89. The highest BCUT2D eigenvalue weighted by molar-refractivity contribution is 5.72. The lowest BCUT2D eigenvalue weighted by atomic mass is 9.98. The number of esters is 1. The smallest absolute Gasteiger partial charge is 0.308 e. The summed E-state index contributed by atoms with van der Waals surface area (Å²) in [5, 5.41) is 0. The standard InChI is InChI=1S/C26H42O2/c1-4-7-8-9-10-11-12-13-14-15-16-17-18-19-20-21-22-23-24-25(5-2)26(27)28-6-3/h7-8,10-11,13-14,16-17,19-20,25H,4-6,9,12,15,18,21-24H2,1-3H3/b8-7-,11-10-,14-13-,17-16-,20-19-. The van der Waals surface area contributed by atoms with Gasteiger partial charge in [0.1, 0.15) is 0 Å². The highest BCUT2D eigenvalue weighted by Crippen LogP contribution is 2.15. The lowest BCUT2D eigenvalue weighted by Gasteiger charge is -2.12. The van der Waals surface area contributed by atoms with Gasteiger partial charge < -0.3 is 4.74 Å². The lowest BCUT2D eigenvalue weighted by molar-refractivity contribution is -0.148. The van der Waals surface area contributed by atoms with Gasteiger partial charge >= 0.3 is 5.97 Å². The summed E-state index contributed by atoms with van der Waals surface area (Å²) in [6, 6.07) is 0. The van der Waals surface area contributed by atoms with Crippen LogP contribution in [-0.4, -0.2) is 12.6 Å². The third kappa shape index (κ3) is 17.6. The molecule has 0 aromatic heterocycles. The van der Waals surface area contributed by atoms with Crippen molar-refractivity contribution in [3.05, 3.63) is 60.8 Å². The zero-order valence-corrected chi connectivity index (χ0v) is 18.4. The first kappa shape index (κ1) is 26.2. The largest absolute Gasteiger partial charge is 0.466 e. The van der Waals surface area contributed by atoms with E-state index in [1.54, 1.807) is 0 Å². The zero-order chi connectivity index (χ0) is 20.7. The maximum atomic E-state index is 11.7. The van der Waals surface area contributed by atoms with Gasteiger partial charge in [-0.25, -0.2) is 0 Å². The van der Waals surface area contributed by atoms with Gasteiger partial charge in [0.15, 0.2) is 0 Å². The summed E-state index contributed by atoms with van der Waals surface area (Å²) in [6.07, 6.45) is 32.5. The summed E-state index contributed by atoms with van der Waals surface area (Å²) < 4.78 is 5.11.